The fourth-order valence-corrected chi connectivity index (χ4v) is 3.20. The van der Waals surface area contributed by atoms with Crippen LogP contribution in [0.1, 0.15) is 33.0 Å². The van der Waals surface area contributed by atoms with Gasteiger partial charge in [-0.05, 0) is 50.6 Å². The van der Waals surface area contributed by atoms with Crippen molar-refractivity contribution in [3.8, 4) is 5.75 Å². The van der Waals surface area contributed by atoms with Crippen molar-refractivity contribution in [1.29, 1.82) is 0 Å². The fourth-order valence-electron chi connectivity index (χ4n) is 3.05. The Labute approximate surface area is 164 Å². The second-order valence-electron chi connectivity index (χ2n) is 6.45. The van der Waals surface area contributed by atoms with E-state index in [1.807, 2.05) is 51.1 Å². The summed E-state index contributed by atoms with van der Waals surface area (Å²) in [5.41, 5.74) is 4.93. The van der Waals surface area contributed by atoms with E-state index in [2.05, 4.69) is 14.9 Å². The van der Waals surface area contributed by atoms with Crippen LogP contribution >= 0.6 is 11.6 Å². The van der Waals surface area contributed by atoms with Gasteiger partial charge in [-0.15, -0.1) is 0 Å². The minimum Gasteiger partial charge on any atom is -0.495 e. The maximum Gasteiger partial charge on any atom is 0.257 e. The smallest absolute Gasteiger partial charge is 0.257 e. The number of amides is 1. The molecule has 2 heterocycles. The van der Waals surface area contributed by atoms with Crippen molar-refractivity contribution < 1.29 is 9.53 Å². The zero-order valence-corrected chi connectivity index (χ0v) is 16.6. The van der Waals surface area contributed by atoms with E-state index in [9.17, 15) is 4.79 Å². The van der Waals surface area contributed by atoms with Gasteiger partial charge in [-0.3, -0.25) is 9.78 Å². The third-order valence-corrected chi connectivity index (χ3v) is 5.00. The van der Waals surface area contributed by atoms with E-state index in [-0.39, 0.29) is 5.91 Å². The summed E-state index contributed by atoms with van der Waals surface area (Å²) in [6, 6.07) is 11.2. The zero-order valence-electron chi connectivity index (χ0n) is 15.8. The molecule has 0 saturated heterocycles. The van der Waals surface area contributed by atoms with Crippen molar-refractivity contribution in [3.05, 3.63) is 75.8 Å². The average molecular weight is 384 g/mol. The molecule has 0 radical (unpaired) electrons. The van der Waals surface area contributed by atoms with E-state index < -0.39 is 0 Å². The van der Waals surface area contributed by atoms with Crippen LogP contribution in [0.4, 0.5) is 5.69 Å². The quantitative estimate of drug-likeness (QED) is 0.690. The lowest BCUT2D eigenvalue weighted by molar-refractivity contribution is 0.102. The van der Waals surface area contributed by atoms with Crippen molar-refractivity contribution in [2.24, 2.45) is 0 Å². The summed E-state index contributed by atoms with van der Waals surface area (Å²) in [6.07, 6.45) is 1.77. The van der Waals surface area contributed by atoms with Crippen LogP contribution in [0.25, 0.3) is 0 Å². The topological polar surface area (TPSA) is 56.1 Å². The molecule has 3 rings (SSSR count). The number of halogens is 1. The Balaban J connectivity index is 1.88. The number of pyridine rings is 1. The summed E-state index contributed by atoms with van der Waals surface area (Å²) < 4.78 is 7.43. The molecule has 27 heavy (non-hydrogen) atoms. The van der Waals surface area contributed by atoms with Gasteiger partial charge in [0, 0.05) is 28.7 Å². The molecule has 0 aliphatic heterocycles. The minimum atomic E-state index is -0.185. The number of hydrogen-bond acceptors (Lipinski definition) is 3. The highest BCUT2D eigenvalue weighted by Crippen LogP contribution is 2.31. The van der Waals surface area contributed by atoms with Crippen molar-refractivity contribution in [1.82, 2.24) is 9.55 Å². The van der Waals surface area contributed by atoms with Crippen molar-refractivity contribution >= 4 is 23.2 Å². The molecule has 0 aliphatic rings. The number of methoxy groups -OCH3 is 1. The van der Waals surface area contributed by atoms with Crippen molar-refractivity contribution in [2.75, 3.05) is 12.4 Å². The Morgan fingerprint density at radius 2 is 2.00 bits per heavy atom. The van der Waals surface area contributed by atoms with E-state index in [1.165, 1.54) is 0 Å². The van der Waals surface area contributed by atoms with Crippen LogP contribution in [0.5, 0.6) is 5.75 Å². The number of anilines is 1. The molecule has 0 fully saturated rings. The summed E-state index contributed by atoms with van der Waals surface area (Å²) in [7, 11) is 1.55. The first kappa shape index (κ1) is 19.0. The predicted molar refractivity (Wildman–Crippen MR) is 108 cm³/mol. The molecule has 5 nitrogen and oxygen atoms in total. The first-order valence-electron chi connectivity index (χ1n) is 8.63. The molecule has 0 bridgehead atoms. The van der Waals surface area contributed by atoms with Gasteiger partial charge in [0.2, 0.25) is 0 Å². The van der Waals surface area contributed by atoms with Crippen LogP contribution in [0.2, 0.25) is 5.02 Å². The van der Waals surface area contributed by atoms with Gasteiger partial charge in [0.15, 0.2) is 0 Å². The molecule has 3 aromatic rings. The van der Waals surface area contributed by atoms with Gasteiger partial charge < -0.3 is 14.6 Å². The summed E-state index contributed by atoms with van der Waals surface area (Å²) in [6.45, 7) is 6.43. The van der Waals surface area contributed by atoms with Crippen molar-refractivity contribution in [2.45, 2.75) is 27.3 Å². The molecule has 0 saturated carbocycles. The largest absolute Gasteiger partial charge is 0.495 e. The summed E-state index contributed by atoms with van der Waals surface area (Å²) in [5, 5.41) is 3.54. The van der Waals surface area contributed by atoms with E-state index in [0.29, 0.717) is 28.6 Å². The maximum atomic E-state index is 12.9. The lowest BCUT2D eigenvalue weighted by atomic mass is 10.1. The molecule has 6 heteroatoms. The highest BCUT2D eigenvalue weighted by Gasteiger charge is 2.18. The molecular weight excluding hydrogens is 362 g/mol. The molecule has 1 N–H and O–H groups in total. The van der Waals surface area contributed by atoms with Gasteiger partial charge in [-0.1, -0.05) is 17.7 Å². The summed E-state index contributed by atoms with van der Waals surface area (Å²) in [4.78, 5) is 17.3. The Kier molecular flexibility index (Phi) is 5.51. The third kappa shape index (κ3) is 3.98. The molecule has 0 aliphatic carbocycles. The SMILES string of the molecule is COc1cc(Cl)c(C)cc1NC(=O)c1cc(C)n(Cc2ccccn2)c1C. The average Bonchev–Trinajstić information content (AvgIpc) is 2.93. The summed E-state index contributed by atoms with van der Waals surface area (Å²) in [5.74, 6) is 0.344. The highest BCUT2D eigenvalue weighted by molar-refractivity contribution is 6.31. The first-order chi connectivity index (χ1) is 12.9. The Morgan fingerprint density at radius 1 is 1.22 bits per heavy atom. The normalized spacial score (nSPS) is 10.7. The van der Waals surface area contributed by atoms with Gasteiger partial charge in [0.25, 0.3) is 5.91 Å². The predicted octanol–water partition coefficient (Wildman–Crippen LogP) is 4.77. The van der Waals surface area contributed by atoms with Crippen LogP contribution in [-0.4, -0.2) is 22.6 Å². The van der Waals surface area contributed by atoms with Crippen LogP contribution < -0.4 is 10.1 Å². The molecule has 0 unspecified atom stereocenters. The van der Waals surface area contributed by atoms with Gasteiger partial charge in [-0.2, -0.15) is 0 Å². The van der Waals surface area contributed by atoms with Crippen LogP contribution in [0.15, 0.2) is 42.6 Å². The van der Waals surface area contributed by atoms with E-state index in [0.717, 1.165) is 22.6 Å². The minimum absolute atomic E-state index is 0.185. The highest BCUT2D eigenvalue weighted by atomic mass is 35.5. The Morgan fingerprint density at radius 3 is 2.67 bits per heavy atom. The van der Waals surface area contributed by atoms with Gasteiger partial charge in [-0.25, -0.2) is 0 Å². The molecule has 1 amide bonds. The van der Waals surface area contributed by atoms with Crippen LogP contribution in [0, 0.1) is 20.8 Å². The van der Waals surface area contributed by atoms with Crippen molar-refractivity contribution in [3.63, 3.8) is 0 Å². The molecule has 0 spiro atoms. The number of benzene rings is 1. The second kappa shape index (κ2) is 7.84. The molecule has 0 atom stereocenters. The standard InChI is InChI=1S/C21H22ClN3O2/c1-13-9-19(20(27-4)11-18(13)22)24-21(26)17-10-14(2)25(15(17)3)12-16-7-5-6-8-23-16/h5-11H,12H2,1-4H3,(H,24,26). The number of hydrogen-bond donors (Lipinski definition) is 1. The number of rotatable bonds is 5. The van der Waals surface area contributed by atoms with Crippen LogP contribution in [-0.2, 0) is 6.54 Å². The number of carbonyl (C=O) groups excluding carboxylic acids is 1. The zero-order chi connectivity index (χ0) is 19.6. The number of nitrogens with one attached hydrogen (secondary N) is 1. The van der Waals surface area contributed by atoms with Gasteiger partial charge in [0.05, 0.1) is 30.6 Å². The molecular formula is C21H22ClN3O2. The molecule has 2 aromatic heterocycles. The second-order valence-corrected chi connectivity index (χ2v) is 6.86. The van der Waals surface area contributed by atoms with E-state index >= 15 is 0 Å². The van der Waals surface area contributed by atoms with Gasteiger partial charge >= 0.3 is 0 Å². The van der Waals surface area contributed by atoms with E-state index in [4.69, 9.17) is 16.3 Å². The fraction of sp³-hybridized carbons (Fsp3) is 0.238. The number of aryl methyl sites for hydroxylation is 2. The number of carbonyl (C=O) groups is 1. The number of ether oxygens (including phenoxy) is 1. The maximum absolute atomic E-state index is 12.9. The van der Waals surface area contributed by atoms with Crippen LogP contribution in [0.3, 0.4) is 0 Å². The number of aromatic nitrogens is 2. The van der Waals surface area contributed by atoms with E-state index in [1.54, 1.807) is 19.4 Å². The molecule has 140 valence electrons. The molecule has 1 aromatic carbocycles. The monoisotopic (exact) mass is 383 g/mol. The number of nitrogens with zero attached hydrogens (tertiary/aromatic N) is 2. The van der Waals surface area contributed by atoms with Gasteiger partial charge in [0.1, 0.15) is 5.75 Å². The lowest BCUT2D eigenvalue weighted by Gasteiger charge is -2.13. The Bertz CT molecular complexity index is 981. The third-order valence-electron chi connectivity index (χ3n) is 4.59. The Hall–Kier alpha value is -2.79. The first-order valence-corrected chi connectivity index (χ1v) is 9.00. The lowest BCUT2D eigenvalue weighted by Crippen LogP contribution is -2.14. The summed E-state index contributed by atoms with van der Waals surface area (Å²) >= 11 is 6.14.